The van der Waals surface area contributed by atoms with Gasteiger partial charge in [-0.1, -0.05) is 12.1 Å². The highest BCUT2D eigenvalue weighted by Crippen LogP contribution is 2.15. The summed E-state index contributed by atoms with van der Waals surface area (Å²) in [6.45, 7) is 0.682. The summed E-state index contributed by atoms with van der Waals surface area (Å²) in [5.74, 6) is -0.333. The zero-order chi connectivity index (χ0) is 12.3. The minimum absolute atomic E-state index is 0.212. The Kier molecular flexibility index (Phi) is 3.30. The van der Waals surface area contributed by atoms with Crippen molar-refractivity contribution in [1.82, 2.24) is 9.78 Å². The molecule has 1 heterocycles. The number of hydrogen-bond acceptors (Lipinski definition) is 3. The molecule has 0 radical (unpaired) electrons. The average molecular weight is 233 g/mol. The van der Waals surface area contributed by atoms with E-state index >= 15 is 0 Å². The lowest BCUT2D eigenvalue weighted by Crippen LogP contribution is -2.25. The molecule has 0 bridgehead atoms. The molecule has 5 heteroatoms. The maximum absolute atomic E-state index is 13.1. The molecule has 2 N–H and O–H groups in total. The SMILES string of the molecule is NCCn1nc(-c2cccc(F)c2)ccc1=O. The molecule has 0 spiro atoms. The molecular formula is C12H12FN3O. The van der Waals surface area contributed by atoms with Gasteiger partial charge in [0.2, 0.25) is 0 Å². The quantitative estimate of drug-likeness (QED) is 0.860. The van der Waals surface area contributed by atoms with Crippen LogP contribution in [-0.2, 0) is 6.54 Å². The van der Waals surface area contributed by atoms with E-state index in [2.05, 4.69) is 5.10 Å². The molecule has 0 unspecified atom stereocenters. The van der Waals surface area contributed by atoms with Gasteiger partial charge in [-0.25, -0.2) is 9.07 Å². The van der Waals surface area contributed by atoms with Crippen LogP contribution in [0.15, 0.2) is 41.2 Å². The van der Waals surface area contributed by atoms with Crippen molar-refractivity contribution >= 4 is 0 Å². The predicted molar refractivity (Wildman–Crippen MR) is 62.9 cm³/mol. The van der Waals surface area contributed by atoms with Gasteiger partial charge < -0.3 is 5.73 Å². The number of hydrogen-bond donors (Lipinski definition) is 1. The minimum atomic E-state index is -0.333. The smallest absolute Gasteiger partial charge is 0.266 e. The van der Waals surface area contributed by atoms with Crippen LogP contribution in [0.25, 0.3) is 11.3 Å². The summed E-state index contributed by atoms with van der Waals surface area (Å²) in [5, 5.41) is 4.13. The standard InChI is InChI=1S/C12H12FN3O/c13-10-3-1-2-9(8-10)11-4-5-12(17)16(15-11)7-6-14/h1-5,8H,6-7,14H2. The zero-order valence-corrected chi connectivity index (χ0v) is 9.14. The van der Waals surface area contributed by atoms with Gasteiger partial charge in [0.15, 0.2) is 0 Å². The van der Waals surface area contributed by atoms with Crippen molar-refractivity contribution in [2.75, 3.05) is 6.54 Å². The number of rotatable bonds is 3. The molecule has 0 atom stereocenters. The molecule has 4 nitrogen and oxygen atoms in total. The van der Waals surface area contributed by atoms with Crippen molar-refractivity contribution in [2.45, 2.75) is 6.54 Å². The second kappa shape index (κ2) is 4.88. The highest BCUT2D eigenvalue weighted by Gasteiger charge is 2.03. The first-order valence-corrected chi connectivity index (χ1v) is 5.25. The highest BCUT2D eigenvalue weighted by molar-refractivity contribution is 5.57. The van der Waals surface area contributed by atoms with E-state index in [4.69, 9.17) is 5.73 Å². The molecule has 0 aliphatic carbocycles. The molecule has 0 fully saturated rings. The summed E-state index contributed by atoms with van der Waals surface area (Å²) < 4.78 is 14.3. The highest BCUT2D eigenvalue weighted by atomic mass is 19.1. The normalized spacial score (nSPS) is 10.5. The summed E-state index contributed by atoms with van der Waals surface area (Å²) >= 11 is 0. The van der Waals surface area contributed by atoms with Crippen LogP contribution in [0.5, 0.6) is 0 Å². The van der Waals surface area contributed by atoms with Gasteiger partial charge in [0.25, 0.3) is 5.56 Å². The van der Waals surface area contributed by atoms with Crippen LogP contribution in [0.1, 0.15) is 0 Å². The van der Waals surface area contributed by atoms with Crippen LogP contribution in [0.2, 0.25) is 0 Å². The number of nitrogens with two attached hydrogens (primary N) is 1. The molecule has 0 saturated carbocycles. The third-order valence-corrected chi connectivity index (χ3v) is 2.33. The number of benzene rings is 1. The van der Waals surface area contributed by atoms with Gasteiger partial charge in [-0.2, -0.15) is 5.10 Å². The first-order chi connectivity index (χ1) is 8.20. The second-order valence-corrected chi connectivity index (χ2v) is 3.58. The van der Waals surface area contributed by atoms with Gasteiger partial charge in [0.1, 0.15) is 5.82 Å². The topological polar surface area (TPSA) is 60.9 Å². The Hall–Kier alpha value is -2.01. The molecule has 1 aromatic carbocycles. The third kappa shape index (κ3) is 2.57. The van der Waals surface area contributed by atoms with E-state index in [1.165, 1.54) is 22.9 Å². The summed E-state index contributed by atoms with van der Waals surface area (Å²) in [4.78, 5) is 11.4. The molecular weight excluding hydrogens is 221 g/mol. The number of aromatic nitrogens is 2. The summed E-state index contributed by atoms with van der Waals surface area (Å²) in [5.41, 5.74) is 6.36. The predicted octanol–water partition coefficient (Wildman–Crippen LogP) is 1.01. The lowest BCUT2D eigenvalue weighted by molar-refractivity contribution is 0.589. The summed E-state index contributed by atoms with van der Waals surface area (Å²) in [6.07, 6.45) is 0. The second-order valence-electron chi connectivity index (χ2n) is 3.58. The monoisotopic (exact) mass is 233 g/mol. The molecule has 0 aliphatic rings. The largest absolute Gasteiger partial charge is 0.329 e. The van der Waals surface area contributed by atoms with Crippen LogP contribution in [0, 0.1) is 5.82 Å². The van der Waals surface area contributed by atoms with Crippen molar-refractivity contribution in [2.24, 2.45) is 5.73 Å². The van der Waals surface area contributed by atoms with E-state index in [1.54, 1.807) is 18.2 Å². The van der Waals surface area contributed by atoms with E-state index < -0.39 is 0 Å². The van der Waals surface area contributed by atoms with E-state index in [9.17, 15) is 9.18 Å². The first-order valence-electron chi connectivity index (χ1n) is 5.25. The lowest BCUT2D eigenvalue weighted by atomic mass is 10.1. The van der Waals surface area contributed by atoms with Crippen molar-refractivity contribution in [3.63, 3.8) is 0 Å². The van der Waals surface area contributed by atoms with Crippen molar-refractivity contribution < 1.29 is 4.39 Å². The Balaban J connectivity index is 2.46. The van der Waals surface area contributed by atoms with Crippen LogP contribution in [-0.4, -0.2) is 16.3 Å². The van der Waals surface area contributed by atoms with E-state index in [1.807, 2.05) is 0 Å². The zero-order valence-electron chi connectivity index (χ0n) is 9.14. The van der Waals surface area contributed by atoms with E-state index in [0.29, 0.717) is 24.3 Å². The molecule has 2 rings (SSSR count). The Morgan fingerprint density at radius 3 is 2.82 bits per heavy atom. The Morgan fingerprint density at radius 2 is 2.12 bits per heavy atom. The van der Waals surface area contributed by atoms with Gasteiger partial charge in [-0.15, -0.1) is 0 Å². The van der Waals surface area contributed by atoms with Gasteiger partial charge in [0, 0.05) is 18.2 Å². The van der Waals surface area contributed by atoms with Gasteiger partial charge in [-0.05, 0) is 18.2 Å². The lowest BCUT2D eigenvalue weighted by Gasteiger charge is -2.05. The molecule has 88 valence electrons. The molecule has 2 aromatic rings. The Labute approximate surface area is 97.5 Å². The van der Waals surface area contributed by atoms with Crippen LogP contribution >= 0.6 is 0 Å². The van der Waals surface area contributed by atoms with Crippen molar-refractivity contribution in [1.29, 1.82) is 0 Å². The van der Waals surface area contributed by atoms with Crippen molar-refractivity contribution in [3.8, 4) is 11.3 Å². The fourth-order valence-electron chi connectivity index (χ4n) is 1.53. The fourth-order valence-corrected chi connectivity index (χ4v) is 1.53. The molecule has 1 aromatic heterocycles. The summed E-state index contributed by atoms with van der Waals surface area (Å²) in [6, 6.07) is 9.05. The summed E-state index contributed by atoms with van der Waals surface area (Å²) in [7, 11) is 0. The maximum atomic E-state index is 13.1. The van der Waals surface area contributed by atoms with Gasteiger partial charge in [0.05, 0.1) is 12.2 Å². The van der Waals surface area contributed by atoms with Gasteiger partial charge >= 0.3 is 0 Å². The van der Waals surface area contributed by atoms with E-state index in [0.717, 1.165) is 0 Å². The van der Waals surface area contributed by atoms with Crippen molar-refractivity contribution in [3.05, 3.63) is 52.6 Å². The number of halogens is 1. The fraction of sp³-hybridized carbons (Fsp3) is 0.167. The maximum Gasteiger partial charge on any atom is 0.266 e. The first kappa shape index (κ1) is 11.5. The molecule has 0 aliphatic heterocycles. The Morgan fingerprint density at radius 1 is 1.29 bits per heavy atom. The van der Waals surface area contributed by atoms with E-state index in [-0.39, 0.29) is 11.4 Å². The van der Waals surface area contributed by atoms with Crippen LogP contribution < -0.4 is 11.3 Å². The Bertz CT molecular complexity index is 580. The average Bonchev–Trinajstić information content (AvgIpc) is 2.32. The minimum Gasteiger partial charge on any atom is -0.329 e. The van der Waals surface area contributed by atoms with Gasteiger partial charge in [-0.3, -0.25) is 4.79 Å². The number of nitrogens with zero attached hydrogens (tertiary/aromatic N) is 2. The molecule has 0 saturated heterocycles. The van der Waals surface area contributed by atoms with Crippen LogP contribution in [0.4, 0.5) is 4.39 Å². The molecule has 17 heavy (non-hydrogen) atoms. The van der Waals surface area contributed by atoms with Crippen LogP contribution in [0.3, 0.4) is 0 Å². The third-order valence-electron chi connectivity index (χ3n) is 2.33. The molecule has 0 amide bonds.